The summed E-state index contributed by atoms with van der Waals surface area (Å²) >= 11 is 5.73. The molecule has 0 atom stereocenters. The van der Waals surface area contributed by atoms with Crippen molar-refractivity contribution in [3.05, 3.63) is 29.8 Å². The van der Waals surface area contributed by atoms with Crippen LogP contribution in [-0.2, 0) is 4.84 Å². The van der Waals surface area contributed by atoms with Crippen molar-refractivity contribution in [2.75, 3.05) is 5.32 Å². The number of hydrogen-bond donors (Lipinski definition) is 1. The number of carbonyl (C=O) groups excluding carboxylic acids is 1. The van der Waals surface area contributed by atoms with Gasteiger partial charge in [-0.2, -0.15) is 0 Å². The van der Waals surface area contributed by atoms with E-state index in [-0.39, 0.29) is 73.6 Å². The summed E-state index contributed by atoms with van der Waals surface area (Å²) in [5, 5.41) is 6.30. The van der Waals surface area contributed by atoms with Crippen molar-refractivity contribution in [3.8, 4) is 0 Å². The molecule has 1 aromatic carbocycles. The van der Waals surface area contributed by atoms with Crippen LogP contribution in [0.3, 0.4) is 0 Å². The fourth-order valence-corrected chi connectivity index (χ4v) is 1.00. The van der Waals surface area contributed by atoms with Gasteiger partial charge in [0.1, 0.15) is 5.17 Å². The zero-order chi connectivity index (χ0) is 12.8. The van der Waals surface area contributed by atoms with Crippen LogP contribution in [0.15, 0.2) is 29.4 Å². The van der Waals surface area contributed by atoms with Gasteiger partial charge in [-0.3, -0.25) is 10.2 Å². The third kappa shape index (κ3) is 10.1. The number of nitrogens with one attached hydrogen (secondary N) is 1. The van der Waals surface area contributed by atoms with Crippen molar-refractivity contribution in [2.24, 2.45) is 11.1 Å². The molecule has 0 bridgehead atoms. The number of anilines is 1. The molecular formula is C12H15CaCl3N2O2. The molecule has 1 amide bonds. The average molecular weight is 366 g/mol. The molecule has 0 aliphatic carbocycles. The molecule has 0 saturated heterocycles. The molecule has 0 saturated carbocycles. The van der Waals surface area contributed by atoms with E-state index in [1.54, 1.807) is 12.1 Å². The molecule has 0 radical (unpaired) electrons. The van der Waals surface area contributed by atoms with Crippen molar-refractivity contribution in [1.29, 1.82) is 0 Å². The normalized spacial score (nSPS) is 9.75. The molecule has 0 fully saturated rings. The van der Waals surface area contributed by atoms with Gasteiger partial charge in [-0.25, -0.2) is 4.79 Å². The largest absolute Gasteiger partial charge is 2.00 e. The Hall–Kier alpha value is 0.290. The zero-order valence-corrected chi connectivity index (χ0v) is 16.0. The quantitative estimate of drug-likeness (QED) is 0.276. The Balaban J connectivity index is -0.000000963. The average Bonchev–Trinajstić information content (AvgIpc) is 2.29. The molecule has 20 heavy (non-hydrogen) atoms. The third-order valence-corrected chi connectivity index (χ3v) is 2.50. The van der Waals surface area contributed by atoms with Gasteiger partial charge in [-0.1, -0.05) is 48.3 Å². The Morgan fingerprint density at radius 1 is 1.25 bits per heavy atom. The van der Waals surface area contributed by atoms with Crippen molar-refractivity contribution in [2.45, 2.75) is 20.8 Å². The standard InChI is InChI=1S/C12H15ClN2O2.Ca.2ClH/c1-8(2)11(13)15-17-12(16)14-10-6-4-9(3)5-7-10;;;/h4-8H,1-3H3,(H,14,16);;2*1H/q;+2;;/p-2/b15-11-;;;. The molecule has 1 N–H and O–H groups in total. The first-order chi connectivity index (χ1) is 7.99. The van der Waals surface area contributed by atoms with E-state index in [2.05, 4.69) is 15.3 Å². The molecule has 0 unspecified atom stereocenters. The molecule has 1 aromatic rings. The number of oxime groups is 1. The van der Waals surface area contributed by atoms with E-state index in [4.69, 9.17) is 11.6 Å². The number of nitrogens with zero attached hydrogens (tertiary/aromatic N) is 1. The first-order valence-electron chi connectivity index (χ1n) is 5.27. The van der Waals surface area contributed by atoms with Gasteiger partial charge in [0, 0.05) is 11.6 Å². The first-order valence-corrected chi connectivity index (χ1v) is 5.65. The Labute approximate surface area is 166 Å². The number of carbonyl (C=O) groups is 1. The summed E-state index contributed by atoms with van der Waals surface area (Å²) in [6.45, 7) is 5.68. The van der Waals surface area contributed by atoms with Gasteiger partial charge in [-0.15, -0.1) is 0 Å². The predicted molar refractivity (Wildman–Crippen MR) is 75.2 cm³/mol. The SMILES string of the molecule is Cc1ccc(NC(=O)O/N=C(\Cl)C(C)C)cc1.[Ca+2].[Cl-].[Cl-]. The molecular weight excluding hydrogens is 351 g/mol. The molecule has 8 heteroatoms. The maximum Gasteiger partial charge on any atom is 2.00 e. The van der Waals surface area contributed by atoms with E-state index < -0.39 is 6.09 Å². The molecule has 0 aromatic heterocycles. The van der Waals surface area contributed by atoms with E-state index in [0.29, 0.717) is 5.69 Å². The molecule has 4 nitrogen and oxygen atoms in total. The van der Waals surface area contributed by atoms with Crippen LogP contribution in [0.2, 0.25) is 0 Å². The minimum Gasteiger partial charge on any atom is -1.00 e. The Morgan fingerprint density at radius 3 is 2.20 bits per heavy atom. The van der Waals surface area contributed by atoms with Crippen LogP contribution in [0.1, 0.15) is 19.4 Å². The Kier molecular flexibility index (Phi) is 16.4. The second kappa shape index (κ2) is 13.0. The van der Waals surface area contributed by atoms with E-state index in [1.165, 1.54) is 0 Å². The van der Waals surface area contributed by atoms with Gasteiger partial charge >= 0.3 is 43.8 Å². The summed E-state index contributed by atoms with van der Waals surface area (Å²) in [6.07, 6.45) is -0.660. The van der Waals surface area contributed by atoms with Gasteiger partial charge < -0.3 is 24.8 Å². The van der Waals surface area contributed by atoms with Gasteiger partial charge in [0.25, 0.3) is 0 Å². The monoisotopic (exact) mass is 364 g/mol. The Bertz CT molecular complexity index is 425. The second-order valence-corrected chi connectivity index (χ2v) is 4.33. The fourth-order valence-electron chi connectivity index (χ4n) is 0.968. The summed E-state index contributed by atoms with van der Waals surface area (Å²) in [5.41, 5.74) is 1.77. The van der Waals surface area contributed by atoms with Crippen LogP contribution >= 0.6 is 11.6 Å². The first kappa shape index (κ1) is 25.3. The fraction of sp³-hybridized carbons (Fsp3) is 0.333. The van der Waals surface area contributed by atoms with Crippen molar-refractivity contribution in [1.82, 2.24) is 0 Å². The number of hydrogen-bond acceptors (Lipinski definition) is 3. The molecule has 1 rings (SSSR count). The van der Waals surface area contributed by atoms with E-state index in [1.807, 2.05) is 32.9 Å². The summed E-state index contributed by atoms with van der Waals surface area (Å²) in [5.74, 6) is 0.0313. The van der Waals surface area contributed by atoms with Gasteiger partial charge in [-0.05, 0) is 19.1 Å². The van der Waals surface area contributed by atoms with Crippen LogP contribution in [0.25, 0.3) is 0 Å². The molecule has 0 spiro atoms. The van der Waals surface area contributed by atoms with Crippen LogP contribution in [0.5, 0.6) is 0 Å². The molecule has 0 aliphatic rings. The number of rotatable bonds is 3. The van der Waals surface area contributed by atoms with E-state index in [0.717, 1.165) is 5.56 Å². The van der Waals surface area contributed by atoms with E-state index >= 15 is 0 Å². The van der Waals surface area contributed by atoms with E-state index in [9.17, 15) is 4.79 Å². The molecule has 0 heterocycles. The summed E-state index contributed by atoms with van der Waals surface area (Å²) < 4.78 is 0. The van der Waals surface area contributed by atoms with Gasteiger partial charge in [0.2, 0.25) is 0 Å². The predicted octanol–water partition coefficient (Wildman–Crippen LogP) is -2.62. The van der Waals surface area contributed by atoms with Crippen molar-refractivity contribution < 1.29 is 34.4 Å². The number of halogens is 3. The van der Waals surface area contributed by atoms with Gasteiger partial charge in [0.05, 0.1) is 0 Å². The Morgan fingerprint density at radius 2 is 1.75 bits per heavy atom. The zero-order valence-electron chi connectivity index (χ0n) is 11.5. The second-order valence-electron chi connectivity index (χ2n) is 3.94. The van der Waals surface area contributed by atoms with Crippen LogP contribution in [-0.4, -0.2) is 49.0 Å². The number of amides is 1. The molecule has 108 valence electrons. The minimum atomic E-state index is -0.660. The maximum atomic E-state index is 11.3. The smallest absolute Gasteiger partial charge is 1.00 e. The number of benzene rings is 1. The van der Waals surface area contributed by atoms with Crippen LogP contribution in [0, 0.1) is 12.8 Å². The molecule has 0 aliphatic heterocycles. The summed E-state index contributed by atoms with van der Waals surface area (Å²) in [6, 6.07) is 7.34. The summed E-state index contributed by atoms with van der Waals surface area (Å²) in [4.78, 5) is 15.9. The maximum absolute atomic E-state index is 11.3. The van der Waals surface area contributed by atoms with Crippen molar-refractivity contribution in [3.63, 3.8) is 0 Å². The third-order valence-electron chi connectivity index (χ3n) is 1.99. The van der Waals surface area contributed by atoms with Crippen molar-refractivity contribution >= 4 is 66.3 Å². The number of aryl methyl sites for hydroxylation is 1. The topological polar surface area (TPSA) is 50.7 Å². The van der Waals surface area contributed by atoms with Crippen LogP contribution in [0.4, 0.5) is 10.5 Å². The van der Waals surface area contributed by atoms with Gasteiger partial charge in [0.15, 0.2) is 0 Å². The summed E-state index contributed by atoms with van der Waals surface area (Å²) in [7, 11) is 0. The minimum absolute atomic E-state index is 0. The van der Waals surface area contributed by atoms with Crippen LogP contribution < -0.4 is 30.1 Å².